The molecule has 3 rings (SSSR count). The number of ether oxygens (including phenoxy) is 1. The number of tetrazole rings is 1. The van der Waals surface area contributed by atoms with Gasteiger partial charge in [-0.05, 0) is 68.8 Å². The van der Waals surface area contributed by atoms with Gasteiger partial charge in [-0.25, -0.2) is 4.68 Å². The number of carbonyl (C=O) groups excluding carboxylic acids is 1. The van der Waals surface area contributed by atoms with Gasteiger partial charge in [0.25, 0.3) is 5.91 Å². The fraction of sp³-hybridized carbons (Fsp3) is 0.450. The summed E-state index contributed by atoms with van der Waals surface area (Å²) in [7, 11) is 0. The summed E-state index contributed by atoms with van der Waals surface area (Å²) in [5.74, 6) is 1.11. The van der Waals surface area contributed by atoms with Gasteiger partial charge in [0, 0.05) is 24.3 Å². The van der Waals surface area contributed by atoms with Crippen LogP contribution in [0.4, 0.5) is 0 Å². The van der Waals surface area contributed by atoms with Gasteiger partial charge in [-0.3, -0.25) is 9.48 Å². The molecule has 29 heavy (non-hydrogen) atoms. The Balaban J connectivity index is 1.49. The Labute approximate surface area is 170 Å². The van der Waals surface area contributed by atoms with Gasteiger partial charge in [-0.2, -0.15) is 5.10 Å². The van der Waals surface area contributed by atoms with Gasteiger partial charge in [-0.1, -0.05) is 6.07 Å². The fourth-order valence-electron chi connectivity index (χ4n) is 3.02. The van der Waals surface area contributed by atoms with Crippen LogP contribution in [0.25, 0.3) is 0 Å². The van der Waals surface area contributed by atoms with E-state index in [1.807, 2.05) is 44.5 Å². The van der Waals surface area contributed by atoms with E-state index in [9.17, 15) is 4.79 Å². The van der Waals surface area contributed by atoms with Crippen LogP contribution in [0.5, 0.6) is 5.75 Å². The van der Waals surface area contributed by atoms with Crippen LogP contribution in [0.3, 0.4) is 0 Å². The Hall–Kier alpha value is -3.23. The third-order valence-electron chi connectivity index (χ3n) is 4.45. The molecule has 1 N–H and O–H groups in total. The lowest BCUT2D eigenvalue weighted by Gasteiger charge is -2.10. The number of amides is 1. The van der Waals surface area contributed by atoms with Crippen LogP contribution in [0.2, 0.25) is 0 Å². The van der Waals surface area contributed by atoms with Gasteiger partial charge in [0.1, 0.15) is 12.4 Å². The molecule has 9 heteroatoms. The van der Waals surface area contributed by atoms with Crippen LogP contribution < -0.4 is 10.1 Å². The predicted molar refractivity (Wildman–Crippen MR) is 108 cm³/mol. The van der Waals surface area contributed by atoms with Gasteiger partial charge < -0.3 is 10.1 Å². The molecule has 1 amide bonds. The highest BCUT2D eigenvalue weighted by molar-refractivity contribution is 5.94. The highest BCUT2D eigenvalue weighted by atomic mass is 16.5. The molecule has 0 fully saturated rings. The molecular formula is C20H27N7O2. The molecule has 0 aliphatic rings. The highest BCUT2D eigenvalue weighted by Gasteiger charge is 2.11. The molecule has 1 aromatic carbocycles. The van der Waals surface area contributed by atoms with Crippen LogP contribution >= 0.6 is 0 Å². The normalized spacial score (nSPS) is 11.1. The molecule has 0 aliphatic heterocycles. The Morgan fingerprint density at radius 2 is 2.07 bits per heavy atom. The van der Waals surface area contributed by atoms with Crippen LogP contribution in [0.15, 0.2) is 30.3 Å². The first-order chi connectivity index (χ1) is 13.9. The number of hydrogen-bond donors (Lipinski definition) is 1. The van der Waals surface area contributed by atoms with Crippen LogP contribution in [0.1, 0.15) is 53.9 Å². The molecule has 0 radical (unpaired) electrons. The van der Waals surface area contributed by atoms with E-state index in [4.69, 9.17) is 4.74 Å². The number of nitrogens with zero attached hydrogens (tertiary/aromatic N) is 6. The van der Waals surface area contributed by atoms with E-state index in [2.05, 4.69) is 25.9 Å². The maximum Gasteiger partial charge on any atom is 0.251 e. The smallest absolute Gasteiger partial charge is 0.251 e. The monoisotopic (exact) mass is 397 g/mol. The summed E-state index contributed by atoms with van der Waals surface area (Å²) in [6.45, 7) is 9.59. The molecule has 9 nitrogen and oxygen atoms in total. The molecule has 0 bridgehead atoms. The summed E-state index contributed by atoms with van der Waals surface area (Å²) >= 11 is 0. The first-order valence-electron chi connectivity index (χ1n) is 9.73. The average molecular weight is 397 g/mol. The van der Waals surface area contributed by atoms with Crippen molar-refractivity contribution in [2.45, 2.75) is 53.3 Å². The lowest BCUT2D eigenvalue weighted by Crippen LogP contribution is -2.25. The van der Waals surface area contributed by atoms with Gasteiger partial charge in [0.15, 0.2) is 5.82 Å². The van der Waals surface area contributed by atoms with Gasteiger partial charge in [0.05, 0.1) is 11.7 Å². The second-order valence-electron chi connectivity index (χ2n) is 7.21. The largest absolute Gasteiger partial charge is 0.486 e. The van der Waals surface area contributed by atoms with Crippen molar-refractivity contribution >= 4 is 5.91 Å². The number of benzene rings is 1. The maximum atomic E-state index is 12.4. The first-order valence-corrected chi connectivity index (χ1v) is 9.73. The van der Waals surface area contributed by atoms with Crippen molar-refractivity contribution in [3.63, 3.8) is 0 Å². The second-order valence-corrected chi connectivity index (χ2v) is 7.21. The maximum absolute atomic E-state index is 12.4. The Kier molecular flexibility index (Phi) is 6.58. The zero-order valence-corrected chi connectivity index (χ0v) is 17.3. The Bertz CT molecular complexity index is 961. The first kappa shape index (κ1) is 20.5. The van der Waals surface area contributed by atoms with E-state index in [1.54, 1.807) is 22.9 Å². The Morgan fingerprint density at radius 3 is 2.79 bits per heavy atom. The highest BCUT2D eigenvalue weighted by Crippen LogP contribution is 2.15. The van der Waals surface area contributed by atoms with Crippen LogP contribution in [-0.2, 0) is 13.2 Å². The number of nitrogens with one attached hydrogen (secondary N) is 1. The van der Waals surface area contributed by atoms with Crippen LogP contribution in [-0.4, -0.2) is 42.4 Å². The topological polar surface area (TPSA) is 99.8 Å². The fourth-order valence-corrected chi connectivity index (χ4v) is 3.02. The van der Waals surface area contributed by atoms with Crippen molar-refractivity contribution in [1.29, 1.82) is 0 Å². The van der Waals surface area contributed by atoms with E-state index < -0.39 is 0 Å². The minimum atomic E-state index is -0.129. The number of hydrogen-bond acceptors (Lipinski definition) is 6. The molecule has 2 aromatic heterocycles. The molecule has 0 saturated carbocycles. The van der Waals surface area contributed by atoms with Crippen molar-refractivity contribution in [1.82, 2.24) is 35.3 Å². The van der Waals surface area contributed by atoms with Crippen molar-refractivity contribution in [2.24, 2.45) is 0 Å². The standard InChI is InChI=1S/C20H27N7O2/c1-14(2)27-19(22-24-25-27)13-29-18-8-5-7-17(12-18)20(28)21-9-6-10-26-16(4)11-15(3)23-26/h5,7-8,11-12,14H,6,9-10,13H2,1-4H3,(H,21,28). The van der Waals surface area contributed by atoms with E-state index in [0.29, 0.717) is 23.7 Å². The van der Waals surface area contributed by atoms with Crippen LogP contribution in [0, 0.1) is 13.8 Å². The van der Waals surface area contributed by atoms with Crippen molar-refractivity contribution in [2.75, 3.05) is 6.54 Å². The molecule has 3 aromatic rings. The molecule has 0 saturated heterocycles. The Morgan fingerprint density at radius 1 is 1.24 bits per heavy atom. The molecule has 2 heterocycles. The number of aryl methyl sites for hydroxylation is 3. The quantitative estimate of drug-likeness (QED) is 0.557. The molecule has 0 atom stereocenters. The van der Waals surface area contributed by atoms with Gasteiger partial charge >= 0.3 is 0 Å². The molecular weight excluding hydrogens is 370 g/mol. The summed E-state index contributed by atoms with van der Waals surface area (Å²) in [6, 6.07) is 9.29. The lowest BCUT2D eigenvalue weighted by atomic mass is 10.2. The van der Waals surface area contributed by atoms with E-state index in [-0.39, 0.29) is 18.6 Å². The summed E-state index contributed by atoms with van der Waals surface area (Å²) in [5, 5.41) is 19.0. The number of rotatable bonds is 9. The lowest BCUT2D eigenvalue weighted by molar-refractivity contribution is 0.0952. The van der Waals surface area contributed by atoms with E-state index in [1.165, 1.54) is 0 Å². The summed E-state index contributed by atoms with van der Waals surface area (Å²) in [6.07, 6.45) is 0.807. The number of aromatic nitrogens is 6. The molecule has 0 spiro atoms. The summed E-state index contributed by atoms with van der Waals surface area (Å²) in [4.78, 5) is 12.4. The molecule has 0 aliphatic carbocycles. The SMILES string of the molecule is Cc1cc(C)n(CCCNC(=O)c2cccc(OCc3nnnn3C(C)C)c2)n1. The van der Waals surface area contributed by atoms with Gasteiger partial charge in [-0.15, -0.1) is 5.10 Å². The third kappa shape index (κ3) is 5.40. The zero-order chi connectivity index (χ0) is 20.8. The van der Waals surface area contributed by atoms with Crippen molar-refractivity contribution < 1.29 is 9.53 Å². The molecule has 154 valence electrons. The molecule has 0 unspecified atom stereocenters. The van der Waals surface area contributed by atoms with E-state index >= 15 is 0 Å². The second kappa shape index (κ2) is 9.31. The predicted octanol–water partition coefficient (Wildman–Crippen LogP) is 2.47. The van der Waals surface area contributed by atoms with Gasteiger partial charge in [0.2, 0.25) is 0 Å². The third-order valence-corrected chi connectivity index (χ3v) is 4.45. The minimum Gasteiger partial charge on any atom is -0.486 e. The zero-order valence-electron chi connectivity index (χ0n) is 17.3. The minimum absolute atomic E-state index is 0.129. The summed E-state index contributed by atoms with van der Waals surface area (Å²) < 4.78 is 9.44. The average Bonchev–Trinajstić information content (AvgIpc) is 3.29. The van der Waals surface area contributed by atoms with Crippen molar-refractivity contribution in [3.8, 4) is 5.75 Å². The van der Waals surface area contributed by atoms with Crippen molar-refractivity contribution in [3.05, 3.63) is 53.1 Å². The summed E-state index contributed by atoms with van der Waals surface area (Å²) in [5.41, 5.74) is 2.69. The number of carbonyl (C=O) groups is 1. The van der Waals surface area contributed by atoms with E-state index in [0.717, 1.165) is 24.4 Å².